The second-order valence-corrected chi connectivity index (χ2v) is 4.87. The van der Waals surface area contributed by atoms with E-state index in [1.807, 2.05) is 18.2 Å². The molecule has 0 radical (unpaired) electrons. The lowest BCUT2D eigenvalue weighted by Gasteiger charge is -2.37. The second-order valence-electron chi connectivity index (χ2n) is 4.87. The number of primary amides is 1. The van der Waals surface area contributed by atoms with Crippen molar-refractivity contribution in [3.05, 3.63) is 23.9 Å². The summed E-state index contributed by atoms with van der Waals surface area (Å²) in [5.41, 5.74) is 11.9. The van der Waals surface area contributed by atoms with Gasteiger partial charge in [-0.15, -0.1) is 0 Å². The molecule has 0 aliphatic carbocycles. The van der Waals surface area contributed by atoms with Gasteiger partial charge in [0.2, 0.25) is 5.91 Å². The number of hydrogen-bond donors (Lipinski definition) is 2. The zero-order valence-corrected chi connectivity index (χ0v) is 10.7. The molecule has 1 saturated heterocycles. The van der Waals surface area contributed by atoms with Gasteiger partial charge in [0.05, 0.1) is 11.6 Å². The number of carbonyl (C=O) groups is 1. The van der Waals surface area contributed by atoms with Gasteiger partial charge in [0.25, 0.3) is 0 Å². The van der Waals surface area contributed by atoms with Crippen LogP contribution in [-0.4, -0.2) is 23.5 Å². The SMILES string of the molecule is CC1CCC(C(N)=O)CN1c1cccc(CN)n1. The van der Waals surface area contributed by atoms with Crippen LogP contribution < -0.4 is 16.4 Å². The molecule has 5 nitrogen and oxygen atoms in total. The minimum Gasteiger partial charge on any atom is -0.369 e. The van der Waals surface area contributed by atoms with E-state index < -0.39 is 0 Å². The Bertz CT molecular complexity index is 435. The smallest absolute Gasteiger partial charge is 0.222 e. The average molecular weight is 248 g/mol. The normalized spacial score (nSPS) is 24.0. The van der Waals surface area contributed by atoms with Gasteiger partial charge in [0, 0.05) is 19.1 Å². The summed E-state index contributed by atoms with van der Waals surface area (Å²) in [7, 11) is 0. The molecular weight excluding hydrogens is 228 g/mol. The van der Waals surface area contributed by atoms with Crippen molar-refractivity contribution < 1.29 is 4.79 Å². The highest BCUT2D eigenvalue weighted by Gasteiger charge is 2.29. The van der Waals surface area contributed by atoms with Crippen LogP contribution in [0.15, 0.2) is 18.2 Å². The van der Waals surface area contributed by atoms with E-state index in [9.17, 15) is 4.79 Å². The molecule has 2 rings (SSSR count). The van der Waals surface area contributed by atoms with Crippen LogP contribution in [0.4, 0.5) is 5.82 Å². The molecule has 1 fully saturated rings. The van der Waals surface area contributed by atoms with Crippen LogP contribution in [0.1, 0.15) is 25.5 Å². The number of rotatable bonds is 3. The van der Waals surface area contributed by atoms with Gasteiger partial charge in [-0.3, -0.25) is 4.79 Å². The van der Waals surface area contributed by atoms with Crippen LogP contribution in [-0.2, 0) is 11.3 Å². The van der Waals surface area contributed by atoms with Gasteiger partial charge >= 0.3 is 0 Å². The van der Waals surface area contributed by atoms with Crippen LogP contribution in [0, 0.1) is 5.92 Å². The van der Waals surface area contributed by atoms with Crippen molar-refractivity contribution in [3.8, 4) is 0 Å². The van der Waals surface area contributed by atoms with Crippen molar-refractivity contribution in [1.29, 1.82) is 0 Å². The first-order valence-electron chi connectivity index (χ1n) is 6.33. The molecular formula is C13H20N4O. The number of carbonyl (C=O) groups excluding carboxylic acids is 1. The maximum absolute atomic E-state index is 11.3. The van der Waals surface area contributed by atoms with E-state index in [1.54, 1.807) is 0 Å². The van der Waals surface area contributed by atoms with Gasteiger partial charge in [-0.1, -0.05) is 6.07 Å². The first-order chi connectivity index (χ1) is 8.61. The van der Waals surface area contributed by atoms with Crippen LogP contribution in [0.3, 0.4) is 0 Å². The summed E-state index contributed by atoms with van der Waals surface area (Å²) in [6, 6.07) is 6.19. The lowest BCUT2D eigenvalue weighted by atomic mass is 9.93. The fourth-order valence-electron chi connectivity index (χ4n) is 2.40. The maximum atomic E-state index is 11.3. The lowest BCUT2D eigenvalue weighted by Crippen LogP contribution is -2.46. The molecule has 2 atom stereocenters. The Morgan fingerprint density at radius 1 is 1.50 bits per heavy atom. The quantitative estimate of drug-likeness (QED) is 0.821. The largest absolute Gasteiger partial charge is 0.369 e. The number of nitrogens with two attached hydrogens (primary N) is 2. The van der Waals surface area contributed by atoms with Gasteiger partial charge in [-0.05, 0) is 31.9 Å². The fraction of sp³-hybridized carbons (Fsp3) is 0.538. The first-order valence-corrected chi connectivity index (χ1v) is 6.33. The van der Waals surface area contributed by atoms with E-state index in [0.29, 0.717) is 19.1 Å². The van der Waals surface area contributed by atoms with Crippen molar-refractivity contribution in [2.75, 3.05) is 11.4 Å². The predicted molar refractivity (Wildman–Crippen MR) is 70.9 cm³/mol. The Hall–Kier alpha value is -1.62. The fourth-order valence-corrected chi connectivity index (χ4v) is 2.40. The molecule has 2 unspecified atom stereocenters. The highest BCUT2D eigenvalue weighted by Crippen LogP contribution is 2.26. The summed E-state index contributed by atoms with van der Waals surface area (Å²) in [4.78, 5) is 18.0. The Balaban J connectivity index is 2.21. The van der Waals surface area contributed by atoms with E-state index >= 15 is 0 Å². The first kappa shape index (κ1) is 12.8. The van der Waals surface area contributed by atoms with Crippen LogP contribution >= 0.6 is 0 Å². The summed E-state index contributed by atoms with van der Waals surface area (Å²) in [6.07, 6.45) is 1.83. The summed E-state index contributed by atoms with van der Waals surface area (Å²) in [6.45, 7) is 3.22. The Morgan fingerprint density at radius 2 is 2.28 bits per heavy atom. The van der Waals surface area contributed by atoms with Gasteiger partial charge in [0.1, 0.15) is 5.82 Å². The molecule has 1 amide bonds. The van der Waals surface area contributed by atoms with Crippen molar-refractivity contribution in [3.63, 3.8) is 0 Å². The zero-order chi connectivity index (χ0) is 13.1. The molecule has 2 heterocycles. The monoisotopic (exact) mass is 248 g/mol. The number of piperidine rings is 1. The van der Waals surface area contributed by atoms with Crippen molar-refractivity contribution in [2.24, 2.45) is 17.4 Å². The molecule has 1 aromatic rings. The Morgan fingerprint density at radius 3 is 2.94 bits per heavy atom. The number of nitrogens with zero attached hydrogens (tertiary/aromatic N) is 2. The summed E-state index contributed by atoms with van der Waals surface area (Å²) in [5, 5.41) is 0. The molecule has 0 saturated carbocycles. The lowest BCUT2D eigenvalue weighted by molar-refractivity contribution is -0.122. The third-order valence-electron chi connectivity index (χ3n) is 3.58. The molecule has 1 aromatic heterocycles. The van der Waals surface area contributed by atoms with Gasteiger partial charge < -0.3 is 16.4 Å². The number of anilines is 1. The van der Waals surface area contributed by atoms with Gasteiger partial charge in [-0.2, -0.15) is 0 Å². The molecule has 5 heteroatoms. The Kier molecular flexibility index (Phi) is 3.81. The third-order valence-corrected chi connectivity index (χ3v) is 3.58. The zero-order valence-electron chi connectivity index (χ0n) is 10.7. The molecule has 1 aliphatic heterocycles. The van der Waals surface area contributed by atoms with Crippen molar-refractivity contribution >= 4 is 11.7 Å². The second kappa shape index (κ2) is 5.35. The molecule has 1 aliphatic rings. The molecule has 98 valence electrons. The highest BCUT2D eigenvalue weighted by atomic mass is 16.1. The summed E-state index contributed by atoms with van der Waals surface area (Å²) < 4.78 is 0. The minimum absolute atomic E-state index is 0.0791. The van der Waals surface area contributed by atoms with Crippen molar-refractivity contribution in [2.45, 2.75) is 32.4 Å². The standard InChI is InChI=1S/C13H20N4O/c1-9-5-6-10(13(15)18)8-17(9)12-4-2-3-11(7-14)16-12/h2-4,9-10H,5-8,14H2,1H3,(H2,15,18). The highest BCUT2D eigenvalue weighted by molar-refractivity contribution is 5.77. The van der Waals surface area contributed by atoms with Gasteiger partial charge in [-0.25, -0.2) is 4.98 Å². The maximum Gasteiger partial charge on any atom is 0.222 e. The molecule has 0 spiro atoms. The molecule has 4 N–H and O–H groups in total. The molecule has 0 bridgehead atoms. The summed E-state index contributed by atoms with van der Waals surface area (Å²) in [5.74, 6) is 0.586. The van der Waals surface area contributed by atoms with E-state index in [4.69, 9.17) is 11.5 Å². The van der Waals surface area contributed by atoms with Crippen LogP contribution in [0.5, 0.6) is 0 Å². The average Bonchev–Trinajstić information content (AvgIpc) is 2.39. The van der Waals surface area contributed by atoms with Crippen LogP contribution in [0.2, 0.25) is 0 Å². The number of amides is 1. The number of aromatic nitrogens is 1. The topological polar surface area (TPSA) is 85.2 Å². The third kappa shape index (κ3) is 2.61. The molecule has 0 aromatic carbocycles. The van der Waals surface area contributed by atoms with E-state index in [0.717, 1.165) is 24.4 Å². The van der Waals surface area contributed by atoms with E-state index in [1.165, 1.54) is 0 Å². The van der Waals surface area contributed by atoms with Crippen molar-refractivity contribution in [1.82, 2.24) is 4.98 Å². The van der Waals surface area contributed by atoms with Gasteiger partial charge in [0.15, 0.2) is 0 Å². The molecule has 18 heavy (non-hydrogen) atoms. The Labute approximate surface area is 107 Å². The summed E-state index contributed by atoms with van der Waals surface area (Å²) >= 11 is 0. The van der Waals surface area contributed by atoms with Crippen LogP contribution in [0.25, 0.3) is 0 Å². The van der Waals surface area contributed by atoms with E-state index in [-0.39, 0.29) is 11.8 Å². The van der Waals surface area contributed by atoms with E-state index in [2.05, 4.69) is 16.8 Å². The number of hydrogen-bond acceptors (Lipinski definition) is 4. The predicted octanol–water partition coefficient (Wildman–Crippen LogP) is 0.630. The number of pyridine rings is 1. The minimum atomic E-state index is -0.220.